The van der Waals surface area contributed by atoms with Crippen LogP contribution in [-0.2, 0) is 0 Å². The Morgan fingerprint density at radius 1 is 1.38 bits per heavy atom. The van der Waals surface area contributed by atoms with Gasteiger partial charge in [-0.05, 0) is 43.1 Å². The molecule has 0 saturated heterocycles. The van der Waals surface area contributed by atoms with Crippen molar-refractivity contribution in [3.63, 3.8) is 0 Å². The fraction of sp³-hybridized carbons (Fsp3) is 0.389. The van der Waals surface area contributed by atoms with Gasteiger partial charge in [0.25, 0.3) is 0 Å². The maximum Gasteiger partial charge on any atom is 0.140 e. The number of anilines is 2. The number of amidine groups is 1. The van der Waals surface area contributed by atoms with Gasteiger partial charge >= 0.3 is 0 Å². The lowest BCUT2D eigenvalue weighted by molar-refractivity contribution is 0.577. The molecule has 1 aliphatic heterocycles. The van der Waals surface area contributed by atoms with E-state index in [1.54, 1.807) is 11.3 Å². The molecule has 0 amide bonds. The third kappa shape index (κ3) is 3.94. The van der Waals surface area contributed by atoms with E-state index in [1.807, 2.05) is 29.3 Å². The topological polar surface area (TPSA) is 51.1 Å². The van der Waals surface area contributed by atoms with Crippen LogP contribution in [0.15, 0.2) is 40.6 Å². The number of likely N-dealkylation sites (N-methyl/N-ethyl adjacent to an activating group) is 1. The van der Waals surface area contributed by atoms with E-state index >= 15 is 0 Å². The van der Waals surface area contributed by atoms with Gasteiger partial charge in [0.1, 0.15) is 5.84 Å². The van der Waals surface area contributed by atoms with Crippen molar-refractivity contribution in [2.45, 2.75) is 24.8 Å². The monoisotopic (exact) mass is 360 g/mol. The minimum absolute atomic E-state index is 0.461. The summed E-state index contributed by atoms with van der Waals surface area (Å²) < 4.78 is 0. The van der Waals surface area contributed by atoms with Gasteiger partial charge in [0.05, 0.1) is 10.6 Å². The Balaban J connectivity index is 1.74. The normalized spacial score (nSPS) is 15.0. The molecule has 0 fully saturated rings. The van der Waals surface area contributed by atoms with E-state index in [9.17, 15) is 0 Å². The van der Waals surface area contributed by atoms with Gasteiger partial charge in [0, 0.05) is 35.5 Å². The number of hydrogen-bond acceptors (Lipinski definition) is 5. The highest BCUT2D eigenvalue weighted by molar-refractivity contribution is 7.99. The minimum Gasteiger partial charge on any atom is -0.366 e. The molecule has 2 heterocycles. The lowest BCUT2D eigenvalue weighted by atomic mass is 10.2. The molecule has 1 atom stereocenters. The minimum atomic E-state index is 0.461. The zero-order chi connectivity index (χ0) is 16.9. The predicted octanol–water partition coefficient (Wildman–Crippen LogP) is 4.10. The van der Waals surface area contributed by atoms with Crippen LogP contribution in [-0.4, -0.2) is 37.3 Å². The summed E-state index contributed by atoms with van der Waals surface area (Å²) in [5, 5.41) is 16.8. The van der Waals surface area contributed by atoms with E-state index in [4.69, 9.17) is 5.41 Å². The predicted molar refractivity (Wildman–Crippen MR) is 107 cm³/mol. The highest BCUT2D eigenvalue weighted by atomic mass is 32.2. The molecular formula is C18H24N4S2. The van der Waals surface area contributed by atoms with Crippen LogP contribution < -0.4 is 15.5 Å². The fourth-order valence-electron chi connectivity index (χ4n) is 2.87. The average Bonchev–Trinajstić information content (AvgIpc) is 3.13. The number of nitrogens with one attached hydrogen (secondary N) is 3. The summed E-state index contributed by atoms with van der Waals surface area (Å²) >= 11 is 3.49. The first kappa shape index (κ1) is 17.3. The molecule has 0 bridgehead atoms. The van der Waals surface area contributed by atoms with Crippen molar-refractivity contribution in [3.8, 4) is 0 Å². The Kier molecular flexibility index (Phi) is 5.81. The Bertz CT molecular complexity index is 684. The number of benzene rings is 1. The second-order valence-electron chi connectivity index (χ2n) is 5.86. The molecule has 24 heavy (non-hydrogen) atoms. The van der Waals surface area contributed by atoms with Crippen molar-refractivity contribution in [1.82, 2.24) is 5.32 Å². The SMILES string of the molecule is CCNCC(C)N1CCSc2cc(NC(=N)c3cccs3)ccc21. The third-order valence-electron chi connectivity index (χ3n) is 4.12. The summed E-state index contributed by atoms with van der Waals surface area (Å²) in [6.07, 6.45) is 0. The van der Waals surface area contributed by atoms with Gasteiger partial charge in [0.2, 0.25) is 0 Å². The Morgan fingerprint density at radius 2 is 2.25 bits per heavy atom. The summed E-state index contributed by atoms with van der Waals surface area (Å²) in [6, 6.07) is 10.9. The summed E-state index contributed by atoms with van der Waals surface area (Å²) in [7, 11) is 0. The largest absolute Gasteiger partial charge is 0.366 e. The Labute approximate surface area is 152 Å². The van der Waals surface area contributed by atoms with E-state index in [1.165, 1.54) is 10.6 Å². The van der Waals surface area contributed by atoms with E-state index in [-0.39, 0.29) is 0 Å². The Hall–Kier alpha value is -1.50. The fourth-order valence-corrected chi connectivity index (χ4v) is 4.55. The summed E-state index contributed by atoms with van der Waals surface area (Å²) in [5.74, 6) is 1.57. The van der Waals surface area contributed by atoms with Crippen LogP contribution in [0.2, 0.25) is 0 Å². The maximum absolute atomic E-state index is 8.18. The summed E-state index contributed by atoms with van der Waals surface area (Å²) in [4.78, 5) is 4.75. The Morgan fingerprint density at radius 3 is 3.00 bits per heavy atom. The summed E-state index contributed by atoms with van der Waals surface area (Å²) in [6.45, 7) is 7.52. The van der Waals surface area contributed by atoms with Gasteiger partial charge in [-0.3, -0.25) is 5.41 Å². The van der Waals surface area contributed by atoms with E-state index in [2.05, 4.69) is 47.6 Å². The van der Waals surface area contributed by atoms with Gasteiger partial charge in [0.15, 0.2) is 0 Å². The second-order valence-corrected chi connectivity index (χ2v) is 7.94. The molecule has 0 aliphatic carbocycles. The third-order valence-corrected chi connectivity index (χ3v) is 6.03. The van der Waals surface area contributed by atoms with Crippen molar-refractivity contribution in [2.24, 2.45) is 0 Å². The standard InChI is InChI=1S/C18H24N4S2/c1-3-20-12-13(2)22-8-10-24-17-11-14(6-7-15(17)22)21-18(19)16-5-4-9-23-16/h4-7,9,11,13,20H,3,8,10,12H2,1-2H3,(H2,19,21). The van der Waals surface area contributed by atoms with Crippen molar-refractivity contribution >= 4 is 40.3 Å². The van der Waals surface area contributed by atoms with Crippen molar-refractivity contribution < 1.29 is 0 Å². The molecule has 4 nitrogen and oxygen atoms in total. The molecule has 1 aromatic carbocycles. The molecule has 128 valence electrons. The average molecular weight is 361 g/mol. The van der Waals surface area contributed by atoms with Gasteiger partial charge in [-0.2, -0.15) is 0 Å². The number of thioether (sulfide) groups is 1. The first-order valence-corrected chi connectivity index (χ1v) is 10.2. The van der Waals surface area contributed by atoms with Crippen molar-refractivity contribution in [2.75, 3.05) is 35.6 Å². The van der Waals surface area contributed by atoms with E-state index in [0.29, 0.717) is 11.9 Å². The first-order valence-electron chi connectivity index (χ1n) is 8.32. The molecule has 2 aromatic rings. The van der Waals surface area contributed by atoms with Crippen molar-refractivity contribution in [1.29, 1.82) is 5.41 Å². The molecule has 0 spiro atoms. The first-order chi connectivity index (χ1) is 11.7. The molecule has 0 saturated carbocycles. The summed E-state index contributed by atoms with van der Waals surface area (Å²) in [5.41, 5.74) is 2.30. The van der Waals surface area contributed by atoms with Crippen LogP contribution in [0.3, 0.4) is 0 Å². The van der Waals surface area contributed by atoms with Crippen molar-refractivity contribution in [3.05, 3.63) is 40.6 Å². The van der Waals surface area contributed by atoms with Crippen LogP contribution in [0.4, 0.5) is 11.4 Å². The highest BCUT2D eigenvalue weighted by Gasteiger charge is 2.22. The van der Waals surface area contributed by atoms with Gasteiger partial charge in [-0.15, -0.1) is 23.1 Å². The highest BCUT2D eigenvalue weighted by Crippen LogP contribution is 2.37. The van der Waals surface area contributed by atoms with Gasteiger partial charge in [-0.25, -0.2) is 0 Å². The number of hydrogen-bond donors (Lipinski definition) is 3. The number of fused-ring (bicyclic) bond motifs is 1. The second kappa shape index (κ2) is 8.05. The molecule has 3 N–H and O–H groups in total. The maximum atomic E-state index is 8.18. The van der Waals surface area contributed by atoms with E-state index in [0.717, 1.165) is 36.0 Å². The number of nitrogens with zero attached hydrogens (tertiary/aromatic N) is 1. The van der Waals surface area contributed by atoms with Crippen LogP contribution >= 0.6 is 23.1 Å². The van der Waals surface area contributed by atoms with E-state index < -0.39 is 0 Å². The van der Waals surface area contributed by atoms with Crippen LogP contribution in [0.25, 0.3) is 0 Å². The molecular weight excluding hydrogens is 336 g/mol. The zero-order valence-electron chi connectivity index (χ0n) is 14.1. The molecule has 1 unspecified atom stereocenters. The molecule has 1 aromatic heterocycles. The molecule has 6 heteroatoms. The van der Waals surface area contributed by atoms with Gasteiger partial charge in [-0.1, -0.05) is 13.0 Å². The quantitative estimate of drug-likeness (QED) is 0.536. The smallest absolute Gasteiger partial charge is 0.140 e. The molecule has 3 rings (SSSR count). The van der Waals surface area contributed by atoms with Crippen LogP contribution in [0.1, 0.15) is 18.7 Å². The number of rotatable bonds is 6. The zero-order valence-corrected chi connectivity index (χ0v) is 15.8. The lowest BCUT2D eigenvalue weighted by Gasteiger charge is -2.36. The van der Waals surface area contributed by atoms with Gasteiger partial charge < -0.3 is 15.5 Å². The van der Waals surface area contributed by atoms with Crippen LogP contribution in [0.5, 0.6) is 0 Å². The molecule has 0 radical (unpaired) electrons. The molecule has 1 aliphatic rings. The van der Waals surface area contributed by atoms with Crippen LogP contribution in [0, 0.1) is 5.41 Å². The number of thiophene rings is 1. The lowest BCUT2D eigenvalue weighted by Crippen LogP contribution is -2.43.